The van der Waals surface area contributed by atoms with Gasteiger partial charge in [-0.3, -0.25) is 0 Å². The fourth-order valence-corrected chi connectivity index (χ4v) is 4.67. The van der Waals surface area contributed by atoms with Crippen LogP contribution in [-0.2, 0) is 0 Å². The van der Waals surface area contributed by atoms with Crippen LogP contribution < -0.4 is 0 Å². The van der Waals surface area contributed by atoms with E-state index in [2.05, 4.69) is 20.8 Å². The van der Waals surface area contributed by atoms with E-state index in [4.69, 9.17) is 0 Å². The first kappa shape index (κ1) is 14.4. The molecule has 2 bridgehead atoms. The highest BCUT2D eigenvalue weighted by atomic mass is 14.4. The summed E-state index contributed by atoms with van der Waals surface area (Å²) in [5, 5.41) is 0. The van der Waals surface area contributed by atoms with Crippen LogP contribution in [0.1, 0.15) is 91.4 Å². The molecule has 4 unspecified atom stereocenters. The van der Waals surface area contributed by atoms with Crippen molar-refractivity contribution < 1.29 is 0 Å². The molecular weight excluding hydrogens is 216 g/mol. The minimum Gasteiger partial charge on any atom is -0.0625 e. The molecule has 106 valence electrons. The predicted octanol–water partition coefficient (Wildman–Crippen LogP) is 6.20. The normalized spacial score (nSPS) is 43.8. The lowest BCUT2D eigenvalue weighted by Gasteiger charge is -2.44. The number of hydrogen-bond donors (Lipinski definition) is 0. The highest BCUT2D eigenvalue weighted by Crippen LogP contribution is 2.47. The zero-order chi connectivity index (χ0) is 13.0. The molecule has 0 amide bonds. The van der Waals surface area contributed by atoms with Gasteiger partial charge in [-0.05, 0) is 42.4 Å². The molecule has 0 aromatic heterocycles. The summed E-state index contributed by atoms with van der Waals surface area (Å²) in [7, 11) is 0. The van der Waals surface area contributed by atoms with Crippen LogP contribution >= 0.6 is 0 Å². The summed E-state index contributed by atoms with van der Waals surface area (Å²) in [5.74, 6) is 2.95. The first-order valence-electron chi connectivity index (χ1n) is 8.62. The van der Waals surface area contributed by atoms with Crippen molar-refractivity contribution in [2.24, 2.45) is 23.2 Å². The molecular formula is C18H34. The van der Waals surface area contributed by atoms with Gasteiger partial charge in [0.15, 0.2) is 0 Å². The molecule has 0 aromatic rings. The van der Waals surface area contributed by atoms with Crippen molar-refractivity contribution in [3.8, 4) is 0 Å². The van der Waals surface area contributed by atoms with Crippen molar-refractivity contribution in [2.45, 2.75) is 91.4 Å². The summed E-state index contributed by atoms with van der Waals surface area (Å²) in [4.78, 5) is 0. The van der Waals surface area contributed by atoms with Crippen LogP contribution in [0, 0.1) is 23.2 Å². The molecule has 2 fully saturated rings. The van der Waals surface area contributed by atoms with E-state index in [9.17, 15) is 0 Å². The maximum Gasteiger partial charge on any atom is -0.0298 e. The number of rotatable bonds is 0. The third kappa shape index (κ3) is 3.52. The summed E-state index contributed by atoms with van der Waals surface area (Å²) >= 11 is 0. The van der Waals surface area contributed by atoms with Gasteiger partial charge in [0.05, 0.1) is 0 Å². The molecule has 0 aromatic carbocycles. The molecule has 0 saturated heterocycles. The lowest BCUT2D eigenvalue weighted by Crippen LogP contribution is -2.34. The standard InChI is InChI=1S/C18H34/c1-15-10-6-4-8-12-18(3)13-9-5-7-11-17(14-15)16(18)2/h15-17H,4-14H2,1-3H3. The van der Waals surface area contributed by atoms with Crippen LogP contribution in [-0.4, -0.2) is 0 Å². The zero-order valence-electron chi connectivity index (χ0n) is 13.0. The zero-order valence-corrected chi connectivity index (χ0v) is 13.0. The van der Waals surface area contributed by atoms with Crippen LogP contribution in [0.3, 0.4) is 0 Å². The van der Waals surface area contributed by atoms with Crippen molar-refractivity contribution in [3.05, 3.63) is 0 Å². The molecule has 18 heavy (non-hydrogen) atoms. The van der Waals surface area contributed by atoms with E-state index >= 15 is 0 Å². The van der Waals surface area contributed by atoms with Gasteiger partial charge in [-0.1, -0.05) is 72.1 Å². The van der Waals surface area contributed by atoms with Crippen LogP contribution in [0.2, 0.25) is 0 Å². The fourth-order valence-electron chi connectivity index (χ4n) is 4.67. The van der Waals surface area contributed by atoms with E-state index in [1.807, 2.05) is 0 Å². The van der Waals surface area contributed by atoms with Crippen molar-refractivity contribution >= 4 is 0 Å². The van der Waals surface area contributed by atoms with E-state index < -0.39 is 0 Å². The number of fused-ring (bicyclic) bond motifs is 2. The van der Waals surface area contributed by atoms with E-state index in [1.165, 1.54) is 70.6 Å². The van der Waals surface area contributed by atoms with E-state index in [0.717, 1.165) is 17.8 Å². The highest BCUT2D eigenvalue weighted by Gasteiger charge is 2.36. The minimum atomic E-state index is 0.655. The Balaban J connectivity index is 2.13. The average molecular weight is 250 g/mol. The van der Waals surface area contributed by atoms with Gasteiger partial charge in [-0.15, -0.1) is 0 Å². The van der Waals surface area contributed by atoms with Gasteiger partial charge in [0.1, 0.15) is 0 Å². The molecule has 0 spiro atoms. The van der Waals surface area contributed by atoms with Crippen molar-refractivity contribution in [2.75, 3.05) is 0 Å². The van der Waals surface area contributed by atoms with Crippen molar-refractivity contribution in [3.63, 3.8) is 0 Å². The molecule has 2 aliphatic rings. The molecule has 0 N–H and O–H groups in total. The summed E-state index contributed by atoms with van der Waals surface area (Å²) in [6.45, 7) is 7.71. The maximum atomic E-state index is 2.61. The van der Waals surface area contributed by atoms with E-state index in [1.54, 1.807) is 0 Å². The monoisotopic (exact) mass is 250 g/mol. The lowest BCUT2D eigenvalue weighted by molar-refractivity contribution is 0.0680. The van der Waals surface area contributed by atoms with Gasteiger partial charge in [0, 0.05) is 0 Å². The van der Waals surface area contributed by atoms with Gasteiger partial charge in [0.25, 0.3) is 0 Å². The van der Waals surface area contributed by atoms with Crippen LogP contribution in [0.15, 0.2) is 0 Å². The van der Waals surface area contributed by atoms with Crippen LogP contribution in [0.5, 0.6) is 0 Å². The SMILES string of the molecule is CC1CCCCCC2(C)CCCCCC(C1)C2C. The first-order valence-corrected chi connectivity index (χ1v) is 8.62. The van der Waals surface area contributed by atoms with Crippen LogP contribution in [0.25, 0.3) is 0 Å². The summed E-state index contributed by atoms with van der Waals surface area (Å²) < 4.78 is 0. The molecule has 4 atom stereocenters. The first-order chi connectivity index (χ1) is 8.62. The van der Waals surface area contributed by atoms with Gasteiger partial charge in [0.2, 0.25) is 0 Å². The molecule has 0 nitrogen and oxygen atoms in total. The largest absolute Gasteiger partial charge is 0.0625 e. The Morgan fingerprint density at radius 1 is 0.778 bits per heavy atom. The second-order valence-corrected chi connectivity index (χ2v) is 7.74. The van der Waals surface area contributed by atoms with Gasteiger partial charge < -0.3 is 0 Å². The minimum absolute atomic E-state index is 0.655. The molecule has 2 aliphatic carbocycles. The number of hydrogen-bond acceptors (Lipinski definition) is 0. The Labute approximate surface area is 115 Å². The highest BCUT2D eigenvalue weighted by molar-refractivity contribution is 4.87. The molecule has 0 heterocycles. The fraction of sp³-hybridized carbons (Fsp3) is 1.00. The molecule has 2 rings (SSSR count). The quantitative estimate of drug-likeness (QED) is 0.480. The van der Waals surface area contributed by atoms with Gasteiger partial charge in [-0.25, -0.2) is 0 Å². The van der Waals surface area contributed by atoms with Gasteiger partial charge >= 0.3 is 0 Å². The maximum absolute atomic E-state index is 2.61. The van der Waals surface area contributed by atoms with Gasteiger partial charge in [-0.2, -0.15) is 0 Å². The Hall–Kier alpha value is 0. The Morgan fingerprint density at radius 3 is 2.06 bits per heavy atom. The molecule has 0 heteroatoms. The smallest absolute Gasteiger partial charge is 0.0298 e. The predicted molar refractivity (Wildman–Crippen MR) is 80.7 cm³/mol. The van der Waals surface area contributed by atoms with E-state index in [-0.39, 0.29) is 0 Å². The summed E-state index contributed by atoms with van der Waals surface area (Å²) in [5.41, 5.74) is 0.655. The second-order valence-electron chi connectivity index (χ2n) is 7.74. The third-order valence-electron chi connectivity index (χ3n) is 6.28. The molecule has 0 radical (unpaired) electrons. The van der Waals surface area contributed by atoms with E-state index in [0.29, 0.717) is 5.41 Å². The topological polar surface area (TPSA) is 0 Å². The third-order valence-corrected chi connectivity index (χ3v) is 6.28. The Bertz CT molecular complexity index is 244. The average Bonchev–Trinajstić information content (AvgIpc) is 2.34. The van der Waals surface area contributed by atoms with Crippen molar-refractivity contribution in [1.82, 2.24) is 0 Å². The Kier molecular flexibility index (Phi) is 5.15. The summed E-state index contributed by atoms with van der Waals surface area (Å²) in [6, 6.07) is 0. The Morgan fingerprint density at radius 2 is 1.39 bits per heavy atom. The lowest BCUT2D eigenvalue weighted by atomic mass is 9.62. The second kappa shape index (κ2) is 6.44. The summed E-state index contributed by atoms with van der Waals surface area (Å²) in [6.07, 6.45) is 16.4. The van der Waals surface area contributed by atoms with Crippen molar-refractivity contribution in [1.29, 1.82) is 0 Å². The molecule has 0 aliphatic heterocycles. The van der Waals surface area contributed by atoms with Crippen LogP contribution in [0.4, 0.5) is 0 Å². The molecule has 2 saturated carbocycles.